The molecule has 0 saturated carbocycles. The highest BCUT2D eigenvalue weighted by atomic mass is 32.1. The van der Waals surface area contributed by atoms with Gasteiger partial charge in [-0.25, -0.2) is 13.6 Å². The molecular weight excluding hydrogens is 278 g/mol. The molecule has 108 valence electrons. The molecule has 0 saturated heterocycles. The summed E-state index contributed by atoms with van der Waals surface area (Å²) in [5.74, 6) is 0. The Morgan fingerprint density at radius 3 is 2.58 bits per heavy atom. The Bertz CT molecular complexity index is 433. The van der Waals surface area contributed by atoms with Gasteiger partial charge in [0.2, 0.25) is 5.13 Å². The summed E-state index contributed by atoms with van der Waals surface area (Å²) in [5.41, 5.74) is -1.04. The number of likely N-dealkylation sites (N-methyl/N-ethyl adjacent to an activating group) is 1. The number of hydrogen-bond acceptors (Lipinski definition) is 5. The molecule has 19 heavy (non-hydrogen) atoms. The van der Waals surface area contributed by atoms with Crippen molar-refractivity contribution in [3.8, 4) is 0 Å². The molecule has 1 rings (SSSR count). The quantitative estimate of drug-likeness (QED) is 0.871. The number of aliphatic hydroxyl groups is 1. The Hall–Kier alpha value is -1.35. The normalized spacial score (nSPS) is 11.7. The van der Waals surface area contributed by atoms with Crippen LogP contribution in [-0.2, 0) is 0 Å². The van der Waals surface area contributed by atoms with Crippen molar-refractivity contribution in [3.05, 3.63) is 5.01 Å². The number of alkyl halides is 2. The number of urea groups is 1. The Kier molecular flexibility index (Phi) is 5.12. The number of rotatable bonds is 5. The zero-order valence-electron chi connectivity index (χ0n) is 10.9. The van der Waals surface area contributed by atoms with E-state index < -0.39 is 23.1 Å². The number of nitrogens with one attached hydrogen (secondary N) is 1. The largest absolute Gasteiger partial charge is 0.389 e. The third-order valence-corrected chi connectivity index (χ3v) is 2.93. The van der Waals surface area contributed by atoms with Crippen molar-refractivity contribution in [2.45, 2.75) is 32.8 Å². The molecule has 0 radical (unpaired) electrons. The molecule has 0 aliphatic heterocycles. The molecule has 0 aliphatic rings. The fourth-order valence-corrected chi connectivity index (χ4v) is 1.93. The van der Waals surface area contributed by atoms with Crippen molar-refractivity contribution >= 4 is 22.5 Å². The van der Waals surface area contributed by atoms with Gasteiger partial charge < -0.3 is 10.0 Å². The van der Waals surface area contributed by atoms with E-state index in [0.29, 0.717) is 17.9 Å². The number of hydrogen-bond donors (Lipinski definition) is 2. The van der Waals surface area contributed by atoms with Crippen LogP contribution < -0.4 is 5.32 Å². The summed E-state index contributed by atoms with van der Waals surface area (Å²) in [6.45, 7) is 5.38. The van der Waals surface area contributed by atoms with Crippen LogP contribution in [0.1, 0.15) is 32.2 Å². The summed E-state index contributed by atoms with van der Waals surface area (Å²) in [6.07, 6.45) is -2.71. The van der Waals surface area contributed by atoms with Crippen LogP contribution in [0.25, 0.3) is 0 Å². The molecule has 2 amide bonds. The van der Waals surface area contributed by atoms with E-state index in [9.17, 15) is 18.7 Å². The number of aromatic nitrogens is 2. The smallest absolute Gasteiger partial charge is 0.323 e. The van der Waals surface area contributed by atoms with E-state index in [0.717, 1.165) is 0 Å². The van der Waals surface area contributed by atoms with E-state index in [2.05, 4.69) is 15.5 Å². The van der Waals surface area contributed by atoms with Gasteiger partial charge in [-0.2, -0.15) is 0 Å². The molecular formula is C10H16F2N4O2S. The van der Waals surface area contributed by atoms with Crippen LogP contribution in [0.4, 0.5) is 18.7 Å². The average Bonchev–Trinajstić information content (AvgIpc) is 2.73. The molecule has 1 heterocycles. The second-order valence-electron chi connectivity index (χ2n) is 4.50. The summed E-state index contributed by atoms with van der Waals surface area (Å²) >= 11 is 0.622. The highest BCUT2D eigenvalue weighted by Gasteiger charge is 2.22. The summed E-state index contributed by atoms with van der Waals surface area (Å²) in [5, 5.41) is 18.3. The van der Waals surface area contributed by atoms with Crippen LogP contribution in [0, 0.1) is 0 Å². The highest BCUT2D eigenvalue weighted by Crippen LogP contribution is 2.25. The van der Waals surface area contributed by atoms with Crippen molar-refractivity contribution in [2.75, 3.05) is 18.4 Å². The second-order valence-corrected chi connectivity index (χ2v) is 5.51. The molecule has 0 aromatic carbocycles. The van der Waals surface area contributed by atoms with E-state index in [1.807, 2.05) is 0 Å². The molecule has 2 N–H and O–H groups in total. The van der Waals surface area contributed by atoms with Gasteiger partial charge in [-0.1, -0.05) is 11.3 Å². The molecule has 0 spiro atoms. The van der Waals surface area contributed by atoms with E-state index in [1.165, 1.54) is 4.90 Å². The van der Waals surface area contributed by atoms with Crippen LogP contribution >= 0.6 is 11.3 Å². The maximum absolute atomic E-state index is 12.3. The third kappa shape index (κ3) is 5.03. The molecule has 1 aromatic heterocycles. The standard InChI is InChI=1S/C10H16F2N4O2S/c1-4-16(5-10(2,3)18)9(17)13-8-15-14-7(19-8)6(11)12/h6,18H,4-5H2,1-3H3,(H,13,15,17). The van der Waals surface area contributed by atoms with Gasteiger partial charge in [-0.3, -0.25) is 5.32 Å². The molecule has 0 atom stereocenters. The molecule has 6 nitrogen and oxygen atoms in total. The zero-order valence-corrected chi connectivity index (χ0v) is 11.7. The fourth-order valence-electron chi connectivity index (χ4n) is 1.34. The third-order valence-electron chi connectivity index (χ3n) is 2.09. The average molecular weight is 294 g/mol. The predicted molar refractivity (Wildman–Crippen MR) is 67.4 cm³/mol. The summed E-state index contributed by atoms with van der Waals surface area (Å²) in [4.78, 5) is 13.2. The first-order chi connectivity index (χ1) is 8.73. The number of anilines is 1. The van der Waals surface area contributed by atoms with Crippen LogP contribution in [0.5, 0.6) is 0 Å². The molecule has 0 aliphatic carbocycles. The topological polar surface area (TPSA) is 78.4 Å². The van der Waals surface area contributed by atoms with Crippen LogP contribution in [-0.4, -0.2) is 44.9 Å². The number of carbonyl (C=O) groups is 1. The van der Waals surface area contributed by atoms with Crippen molar-refractivity contribution < 1.29 is 18.7 Å². The van der Waals surface area contributed by atoms with Gasteiger partial charge in [-0.05, 0) is 20.8 Å². The van der Waals surface area contributed by atoms with Gasteiger partial charge in [0.1, 0.15) is 0 Å². The Morgan fingerprint density at radius 1 is 1.53 bits per heavy atom. The minimum absolute atomic E-state index is 0.00879. The van der Waals surface area contributed by atoms with E-state index in [1.54, 1.807) is 20.8 Å². The fraction of sp³-hybridized carbons (Fsp3) is 0.700. The van der Waals surface area contributed by atoms with Gasteiger partial charge in [0.15, 0.2) is 5.01 Å². The first-order valence-corrected chi connectivity index (χ1v) is 6.44. The maximum Gasteiger partial charge on any atom is 0.323 e. The zero-order chi connectivity index (χ0) is 14.6. The Labute approximate surface area is 113 Å². The molecule has 0 bridgehead atoms. The SMILES string of the molecule is CCN(CC(C)(C)O)C(=O)Nc1nnc(C(F)F)s1. The highest BCUT2D eigenvalue weighted by molar-refractivity contribution is 7.15. The second kappa shape index (κ2) is 6.20. The lowest BCUT2D eigenvalue weighted by atomic mass is 10.1. The number of carbonyl (C=O) groups excluding carboxylic acids is 1. The van der Waals surface area contributed by atoms with Crippen molar-refractivity contribution in [1.82, 2.24) is 15.1 Å². The number of halogens is 2. The maximum atomic E-state index is 12.3. The Morgan fingerprint density at radius 2 is 2.16 bits per heavy atom. The van der Waals surface area contributed by atoms with Crippen LogP contribution in [0.2, 0.25) is 0 Å². The lowest BCUT2D eigenvalue weighted by molar-refractivity contribution is 0.0501. The van der Waals surface area contributed by atoms with Gasteiger partial charge in [0.05, 0.1) is 12.1 Å². The van der Waals surface area contributed by atoms with Gasteiger partial charge in [0.25, 0.3) is 6.43 Å². The van der Waals surface area contributed by atoms with Crippen molar-refractivity contribution in [2.24, 2.45) is 0 Å². The number of nitrogens with zero attached hydrogens (tertiary/aromatic N) is 3. The van der Waals surface area contributed by atoms with Gasteiger partial charge in [0, 0.05) is 6.54 Å². The van der Waals surface area contributed by atoms with Gasteiger partial charge in [-0.15, -0.1) is 10.2 Å². The molecule has 0 fully saturated rings. The van der Waals surface area contributed by atoms with E-state index in [-0.39, 0.29) is 11.7 Å². The lowest BCUT2D eigenvalue weighted by Gasteiger charge is -2.27. The van der Waals surface area contributed by atoms with Crippen LogP contribution in [0.15, 0.2) is 0 Å². The minimum Gasteiger partial charge on any atom is -0.389 e. The predicted octanol–water partition coefficient (Wildman–Crippen LogP) is 2.10. The van der Waals surface area contributed by atoms with Crippen LogP contribution in [0.3, 0.4) is 0 Å². The first-order valence-electron chi connectivity index (χ1n) is 5.63. The monoisotopic (exact) mass is 294 g/mol. The van der Waals surface area contributed by atoms with Crippen molar-refractivity contribution in [1.29, 1.82) is 0 Å². The molecule has 1 aromatic rings. The summed E-state index contributed by atoms with van der Waals surface area (Å²) < 4.78 is 24.6. The number of amides is 2. The van der Waals surface area contributed by atoms with E-state index in [4.69, 9.17) is 0 Å². The molecule has 9 heteroatoms. The molecule has 0 unspecified atom stereocenters. The van der Waals surface area contributed by atoms with E-state index >= 15 is 0 Å². The summed E-state index contributed by atoms with van der Waals surface area (Å²) in [7, 11) is 0. The Balaban J connectivity index is 2.66. The minimum atomic E-state index is -2.71. The first kappa shape index (κ1) is 15.7. The van der Waals surface area contributed by atoms with Crippen molar-refractivity contribution in [3.63, 3.8) is 0 Å². The lowest BCUT2D eigenvalue weighted by Crippen LogP contribution is -2.44. The van der Waals surface area contributed by atoms with Gasteiger partial charge >= 0.3 is 6.03 Å². The summed E-state index contributed by atoms with van der Waals surface area (Å²) in [6, 6.07) is -0.512.